The Kier molecular flexibility index (Phi) is 6.73. The molecule has 0 spiro atoms. The Labute approximate surface area is 164 Å². The van der Waals surface area contributed by atoms with Crippen LogP contribution in [0.1, 0.15) is 30.9 Å². The summed E-state index contributed by atoms with van der Waals surface area (Å²) in [5.74, 6) is 1.88. The van der Waals surface area contributed by atoms with Gasteiger partial charge in [-0.05, 0) is 51.2 Å². The molecule has 0 saturated carbocycles. The molecule has 0 heterocycles. The Hall–Kier alpha value is -2.26. The van der Waals surface area contributed by atoms with Crippen molar-refractivity contribution in [3.05, 3.63) is 106 Å². The Morgan fingerprint density at radius 2 is 1.38 bits per heavy atom. The second-order valence-corrected chi connectivity index (χ2v) is 7.01. The van der Waals surface area contributed by atoms with E-state index >= 15 is 0 Å². The highest BCUT2D eigenvalue weighted by molar-refractivity contribution is 9.11. The second kappa shape index (κ2) is 9.44. The molecule has 0 fully saturated rings. The minimum absolute atomic E-state index is 0.566. The van der Waals surface area contributed by atoms with Crippen LogP contribution in [0.15, 0.2) is 94.4 Å². The maximum atomic E-state index is 6.10. The van der Waals surface area contributed by atoms with Gasteiger partial charge in [0.25, 0.3) is 0 Å². The molecule has 0 N–H and O–H groups in total. The maximum Gasteiger partial charge on any atom is 0.119 e. The molecule has 0 bridgehead atoms. The van der Waals surface area contributed by atoms with E-state index in [0.29, 0.717) is 13.2 Å². The van der Waals surface area contributed by atoms with Crippen LogP contribution < -0.4 is 0 Å². The standard InChI is InChI=1S/C23H23BrO2/c1-2-20-15-23(26-17-19-11-7-4-8-12-19)21(24)13-14-22(20)25-16-18-9-5-3-6-10-18/h3-14H,2,15-17H2,1H3. The summed E-state index contributed by atoms with van der Waals surface area (Å²) in [4.78, 5) is 0. The monoisotopic (exact) mass is 410 g/mol. The quantitative estimate of drug-likeness (QED) is 0.508. The average molecular weight is 411 g/mol. The van der Waals surface area contributed by atoms with E-state index in [-0.39, 0.29) is 0 Å². The van der Waals surface area contributed by atoms with Gasteiger partial charge in [-0.25, -0.2) is 0 Å². The van der Waals surface area contributed by atoms with E-state index in [9.17, 15) is 0 Å². The zero-order valence-corrected chi connectivity index (χ0v) is 16.5. The lowest BCUT2D eigenvalue weighted by Crippen LogP contribution is -2.00. The first-order valence-electron chi connectivity index (χ1n) is 8.88. The molecular weight excluding hydrogens is 388 g/mol. The fraction of sp³-hybridized carbons (Fsp3) is 0.217. The number of hydrogen-bond donors (Lipinski definition) is 0. The fourth-order valence-electron chi connectivity index (χ4n) is 2.77. The van der Waals surface area contributed by atoms with Gasteiger partial charge in [-0.1, -0.05) is 67.6 Å². The van der Waals surface area contributed by atoms with Crippen LogP contribution >= 0.6 is 15.9 Å². The van der Waals surface area contributed by atoms with Gasteiger partial charge in [0, 0.05) is 6.42 Å². The topological polar surface area (TPSA) is 18.5 Å². The van der Waals surface area contributed by atoms with Crippen LogP contribution in [0.25, 0.3) is 0 Å². The van der Waals surface area contributed by atoms with Crippen molar-refractivity contribution < 1.29 is 9.47 Å². The molecule has 26 heavy (non-hydrogen) atoms. The second-order valence-electron chi connectivity index (χ2n) is 6.15. The Bertz CT molecular complexity index is 805. The third-order valence-electron chi connectivity index (χ3n) is 4.29. The number of halogens is 1. The molecule has 0 saturated heterocycles. The summed E-state index contributed by atoms with van der Waals surface area (Å²) in [6.07, 6.45) is 5.72. The van der Waals surface area contributed by atoms with E-state index < -0.39 is 0 Å². The zero-order valence-electron chi connectivity index (χ0n) is 15.0. The van der Waals surface area contributed by atoms with Gasteiger partial charge >= 0.3 is 0 Å². The van der Waals surface area contributed by atoms with Crippen molar-refractivity contribution in [2.75, 3.05) is 0 Å². The summed E-state index contributed by atoms with van der Waals surface area (Å²) in [6, 6.07) is 20.5. The van der Waals surface area contributed by atoms with Crippen molar-refractivity contribution >= 4 is 15.9 Å². The molecule has 2 aromatic rings. The lowest BCUT2D eigenvalue weighted by Gasteiger charge is -2.15. The van der Waals surface area contributed by atoms with Gasteiger partial charge in [-0.15, -0.1) is 0 Å². The fourth-order valence-corrected chi connectivity index (χ4v) is 3.16. The van der Waals surface area contributed by atoms with E-state index in [1.54, 1.807) is 0 Å². The molecule has 0 atom stereocenters. The molecule has 1 aliphatic carbocycles. The van der Waals surface area contributed by atoms with Crippen molar-refractivity contribution in [1.29, 1.82) is 0 Å². The van der Waals surface area contributed by atoms with E-state index in [1.807, 2.05) is 48.6 Å². The first kappa shape index (κ1) is 18.5. The molecule has 0 amide bonds. The molecule has 0 aromatic heterocycles. The predicted molar refractivity (Wildman–Crippen MR) is 109 cm³/mol. The number of rotatable bonds is 7. The Balaban J connectivity index is 1.68. The average Bonchev–Trinajstić information content (AvgIpc) is 2.85. The Morgan fingerprint density at radius 3 is 1.96 bits per heavy atom. The smallest absolute Gasteiger partial charge is 0.119 e. The zero-order chi connectivity index (χ0) is 18.2. The molecule has 2 nitrogen and oxygen atoms in total. The van der Waals surface area contributed by atoms with Crippen LogP contribution in [0.5, 0.6) is 0 Å². The van der Waals surface area contributed by atoms with Crippen LogP contribution in [0, 0.1) is 0 Å². The van der Waals surface area contributed by atoms with E-state index in [0.717, 1.165) is 34.4 Å². The van der Waals surface area contributed by atoms with Gasteiger partial charge in [0.2, 0.25) is 0 Å². The first-order valence-corrected chi connectivity index (χ1v) is 9.67. The molecule has 134 valence electrons. The molecule has 0 radical (unpaired) electrons. The van der Waals surface area contributed by atoms with E-state index in [4.69, 9.17) is 9.47 Å². The van der Waals surface area contributed by atoms with Gasteiger partial charge in [0.05, 0.1) is 4.48 Å². The molecule has 0 aliphatic heterocycles. The lowest BCUT2D eigenvalue weighted by molar-refractivity contribution is 0.187. The molecule has 2 aromatic carbocycles. The van der Waals surface area contributed by atoms with E-state index in [2.05, 4.69) is 47.1 Å². The molecule has 3 heteroatoms. The lowest BCUT2D eigenvalue weighted by atomic mass is 10.1. The van der Waals surface area contributed by atoms with Crippen molar-refractivity contribution in [3.63, 3.8) is 0 Å². The van der Waals surface area contributed by atoms with Gasteiger partial charge in [-0.2, -0.15) is 0 Å². The molecule has 3 rings (SSSR count). The van der Waals surface area contributed by atoms with Crippen molar-refractivity contribution in [2.24, 2.45) is 0 Å². The van der Waals surface area contributed by atoms with Crippen LogP contribution in [0.3, 0.4) is 0 Å². The van der Waals surface area contributed by atoms with Gasteiger partial charge < -0.3 is 9.47 Å². The first-order chi connectivity index (χ1) is 12.8. The largest absolute Gasteiger partial charge is 0.492 e. The number of benzene rings is 2. The summed E-state index contributed by atoms with van der Waals surface area (Å²) in [5, 5.41) is 0. The summed E-state index contributed by atoms with van der Waals surface area (Å²) >= 11 is 3.64. The van der Waals surface area contributed by atoms with Crippen LogP contribution in [0.2, 0.25) is 0 Å². The third-order valence-corrected chi connectivity index (χ3v) is 5.00. The number of ether oxygens (including phenoxy) is 2. The van der Waals surface area contributed by atoms with E-state index in [1.165, 1.54) is 11.1 Å². The van der Waals surface area contributed by atoms with Crippen LogP contribution in [-0.2, 0) is 22.7 Å². The normalized spacial score (nSPS) is 14.4. The predicted octanol–water partition coefficient (Wildman–Crippen LogP) is 6.65. The SMILES string of the molecule is CCC1=C(OCc2ccccc2)C=CC(Br)=C(OCc2ccccc2)C1. The summed E-state index contributed by atoms with van der Waals surface area (Å²) < 4.78 is 13.2. The maximum absolute atomic E-state index is 6.10. The van der Waals surface area contributed by atoms with Crippen molar-refractivity contribution in [1.82, 2.24) is 0 Å². The summed E-state index contributed by atoms with van der Waals surface area (Å²) in [7, 11) is 0. The molecule has 0 unspecified atom stereocenters. The van der Waals surface area contributed by atoms with Crippen LogP contribution in [0.4, 0.5) is 0 Å². The number of hydrogen-bond acceptors (Lipinski definition) is 2. The van der Waals surface area contributed by atoms with Crippen molar-refractivity contribution in [2.45, 2.75) is 33.0 Å². The third kappa shape index (κ3) is 5.12. The highest BCUT2D eigenvalue weighted by Crippen LogP contribution is 2.31. The minimum atomic E-state index is 0.566. The Morgan fingerprint density at radius 1 is 0.808 bits per heavy atom. The summed E-state index contributed by atoms with van der Waals surface area (Å²) in [5.41, 5.74) is 3.58. The van der Waals surface area contributed by atoms with Gasteiger partial charge in [0.1, 0.15) is 24.7 Å². The highest BCUT2D eigenvalue weighted by Gasteiger charge is 2.15. The number of allylic oxidation sites excluding steroid dienone is 4. The van der Waals surface area contributed by atoms with Crippen molar-refractivity contribution in [3.8, 4) is 0 Å². The minimum Gasteiger partial charge on any atom is -0.492 e. The molecule has 1 aliphatic rings. The highest BCUT2D eigenvalue weighted by atomic mass is 79.9. The molecular formula is C23H23BrO2. The van der Waals surface area contributed by atoms with Gasteiger partial charge in [0.15, 0.2) is 0 Å². The van der Waals surface area contributed by atoms with Crippen LogP contribution in [-0.4, -0.2) is 0 Å². The van der Waals surface area contributed by atoms with Gasteiger partial charge in [-0.3, -0.25) is 0 Å². The summed E-state index contributed by atoms with van der Waals surface area (Å²) in [6.45, 7) is 3.29.